The molecule has 1 heterocycles. The number of rotatable bonds is 4. The van der Waals surface area contributed by atoms with E-state index in [0.717, 1.165) is 17.3 Å². The van der Waals surface area contributed by atoms with E-state index < -0.39 is 5.97 Å². The molecule has 0 aliphatic rings. The predicted molar refractivity (Wildman–Crippen MR) is 78.9 cm³/mol. The van der Waals surface area contributed by atoms with E-state index in [-0.39, 0.29) is 11.7 Å². The molecule has 106 valence electrons. The molecule has 20 heavy (non-hydrogen) atoms. The van der Waals surface area contributed by atoms with E-state index in [4.69, 9.17) is 34.0 Å². The third kappa shape index (κ3) is 3.00. The number of hydrogen-bond donors (Lipinski definition) is 2. The fourth-order valence-electron chi connectivity index (χ4n) is 1.53. The molecule has 0 fully saturated rings. The lowest BCUT2D eigenvalue weighted by atomic mass is 10.2. The number of carbonyl (C=O) groups is 1. The molecular weight excluding hydrogens is 323 g/mol. The summed E-state index contributed by atoms with van der Waals surface area (Å²) < 4.78 is 1.47. The maximum absolute atomic E-state index is 10.6. The van der Waals surface area contributed by atoms with Gasteiger partial charge in [-0.25, -0.2) is 0 Å². The molecular formula is C11H10Cl2N4O2S. The Morgan fingerprint density at radius 1 is 1.40 bits per heavy atom. The molecule has 0 saturated heterocycles. The number of anilines is 1. The second-order valence-corrected chi connectivity index (χ2v) is 5.67. The van der Waals surface area contributed by atoms with Crippen LogP contribution in [0.3, 0.4) is 0 Å². The van der Waals surface area contributed by atoms with Crippen molar-refractivity contribution in [3.63, 3.8) is 0 Å². The van der Waals surface area contributed by atoms with Crippen molar-refractivity contribution in [3.8, 4) is 5.69 Å². The second kappa shape index (κ2) is 5.90. The zero-order valence-corrected chi connectivity index (χ0v) is 12.6. The molecule has 9 heteroatoms. The number of aryl methyl sites for hydroxylation is 1. The molecule has 0 unspecified atom stereocenters. The number of carboxylic acids is 1. The van der Waals surface area contributed by atoms with Crippen molar-refractivity contribution in [2.45, 2.75) is 12.1 Å². The summed E-state index contributed by atoms with van der Waals surface area (Å²) in [5.74, 6) is -1.01. The number of nitrogen functional groups attached to an aromatic ring is 1. The van der Waals surface area contributed by atoms with Crippen LogP contribution >= 0.6 is 35.0 Å². The van der Waals surface area contributed by atoms with E-state index in [9.17, 15) is 4.79 Å². The molecule has 0 aliphatic heterocycles. The maximum atomic E-state index is 10.6. The van der Waals surface area contributed by atoms with Crippen molar-refractivity contribution in [1.82, 2.24) is 14.8 Å². The van der Waals surface area contributed by atoms with Crippen molar-refractivity contribution in [1.29, 1.82) is 0 Å². The van der Waals surface area contributed by atoms with Crippen LogP contribution in [0.1, 0.15) is 5.56 Å². The van der Waals surface area contributed by atoms with Crippen molar-refractivity contribution in [2.24, 2.45) is 0 Å². The summed E-state index contributed by atoms with van der Waals surface area (Å²) in [6, 6.07) is 3.34. The minimum absolute atomic E-state index is 0.111. The van der Waals surface area contributed by atoms with E-state index in [1.165, 1.54) is 4.57 Å². The van der Waals surface area contributed by atoms with Gasteiger partial charge in [-0.05, 0) is 24.6 Å². The van der Waals surface area contributed by atoms with Crippen molar-refractivity contribution >= 4 is 46.9 Å². The van der Waals surface area contributed by atoms with Crippen LogP contribution in [-0.4, -0.2) is 31.6 Å². The fourth-order valence-corrected chi connectivity index (χ4v) is 2.67. The lowest BCUT2D eigenvalue weighted by molar-refractivity contribution is -0.133. The van der Waals surface area contributed by atoms with E-state index in [1.54, 1.807) is 12.1 Å². The Morgan fingerprint density at radius 3 is 2.75 bits per heavy atom. The van der Waals surface area contributed by atoms with Crippen molar-refractivity contribution in [2.75, 3.05) is 11.5 Å². The summed E-state index contributed by atoms with van der Waals surface area (Å²) in [6.45, 7) is 1.83. The van der Waals surface area contributed by atoms with Crippen LogP contribution in [0.25, 0.3) is 5.69 Å². The average Bonchev–Trinajstić information content (AvgIpc) is 2.73. The number of nitrogens with zero attached hydrogens (tertiary/aromatic N) is 3. The average molecular weight is 333 g/mol. The summed E-state index contributed by atoms with van der Waals surface area (Å²) in [5, 5.41) is 17.6. The zero-order chi connectivity index (χ0) is 14.9. The third-order valence-electron chi connectivity index (χ3n) is 2.45. The first-order valence-electron chi connectivity index (χ1n) is 5.41. The molecule has 0 radical (unpaired) electrons. The van der Waals surface area contributed by atoms with Gasteiger partial charge in [-0.3, -0.25) is 9.36 Å². The van der Waals surface area contributed by atoms with Crippen LogP contribution in [0.4, 0.5) is 5.95 Å². The summed E-state index contributed by atoms with van der Waals surface area (Å²) in [6.07, 6.45) is 0. The minimum atomic E-state index is -0.962. The Hall–Kier alpha value is -1.44. The maximum Gasteiger partial charge on any atom is 0.313 e. The van der Waals surface area contributed by atoms with E-state index in [2.05, 4.69) is 10.2 Å². The summed E-state index contributed by atoms with van der Waals surface area (Å²) in [5.41, 5.74) is 7.10. The molecule has 2 aromatic rings. The number of halogens is 2. The molecule has 0 spiro atoms. The standard InChI is InChI=1S/C11H10Cl2N4O2S/c1-5-2-7(13)8(3-6(5)12)17-10(14)15-16-11(17)20-4-9(18)19/h2-3H,4H2,1H3,(H2,14,15)(H,18,19). The highest BCUT2D eigenvalue weighted by atomic mass is 35.5. The van der Waals surface area contributed by atoms with E-state index in [0.29, 0.717) is 20.9 Å². The van der Waals surface area contributed by atoms with Gasteiger partial charge in [0.05, 0.1) is 16.5 Å². The smallest absolute Gasteiger partial charge is 0.313 e. The van der Waals surface area contributed by atoms with Gasteiger partial charge in [-0.2, -0.15) is 0 Å². The summed E-state index contributed by atoms with van der Waals surface area (Å²) >= 11 is 13.3. The Kier molecular flexibility index (Phi) is 4.42. The first-order chi connectivity index (χ1) is 9.40. The molecule has 0 bridgehead atoms. The number of thioether (sulfide) groups is 1. The predicted octanol–water partition coefficient (Wildman–Crippen LogP) is 2.64. The van der Waals surface area contributed by atoms with E-state index in [1.807, 2.05) is 6.92 Å². The number of nitrogens with two attached hydrogens (primary N) is 1. The third-order valence-corrected chi connectivity index (χ3v) is 4.08. The molecule has 0 amide bonds. The van der Waals surface area contributed by atoms with Crippen LogP contribution < -0.4 is 5.73 Å². The van der Waals surface area contributed by atoms with Gasteiger partial charge in [0.2, 0.25) is 5.95 Å². The first-order valence-corrected chi connectivity index (χ1v) is 7.15. The molecule has 1 aromatic heterocycles. The van der Waals surface area contributed by atoms with Gasteiger partial charge in [0.15, 0.2) is 5.16 Å². The summed E-state index contributed by atoms with van der Waals surface area (Å²) in [4.78, 5) is 10.6. The largest absolute Gasteiger partial charge is 0.481 e. The van der Waals surface area contributed by atoms with Gasteiger partial charge in [0.25, 0.3) is 0 Å². The molecule has 0 aliphatic carbocycles. The van der Waals surface area contributed by atoms with Crippen LogP contribution in [0, 0.1) is 6.92 Å². The molecule has 0 saturated carbocycles. The first kappa shape index (κ1) is 15.0. The highest BCUT2D eigenvalue weighted by molar-refractivity contribution is 7.99. The number of carboxylic acid groups (broad SMARTS) is 1. The van der Waals surface area contributed by atoms with Gasteiger partial charge in [-0.15, -0.1) is 10.2 Å². The lowest BCUT2D eigenvalue weighted by Gasteiger charge is -2.11. The molecule has 0 atom stereocenters. The normalized spacial score (nSPS) is 10.8. The van der Waals surface area contributed by atoms with E-state index >= 15 is 0 Å². The number of benzene rings is 1. The molecule has 2 rings (SSSR count). The summed E-state index contributed by atoms with van der Waals surface area (Å²) in [7, 11) is 0. The molecule has 6 nitrogen and oxygen atoms in total. The second-order valence-electron chi connectivity index (χ2n) is 3.91. The lowest BCUT2D eigenvalue weighted by Crippen LogP contribution is -2.05. The topological polar surface area (TPSA) is 94.0 Å². The Bertz CT molecular complexity index is 675. The van der Waals surface area contributed by atoms with Gasteiger partial charge < -0.3 is 10.8 Å². The Balaban J connectivity index is 2.49. The number of aliphatic carboxylic acids is 1. The van der Waals surface area contributed by atoms with Crippen molar-refractivity contribution < 1.29 is 9.90 Å². The Labute approximate surface area is 128 Å². The number of hydrogen-bond acceptors (Lipinski definition) is 5. The van der Waals surface area contributed by atoms with Gasteiger partial charge in [0, 0.05) is 5.02 Å². The Morgan fingerprint density at radius 2 is 2.10 bits per heavy atom. The highest BCUT2D eigenvalue weighted by Gasteiger charge is 2.17. The minimum Gasteiger partial charge on any atom is -0.481 e. The van der Waals surface area contributed by atoms with Gasteiger partial charge in [-0.1, -0.05) is 35.0 Å². The van der Waals surface area contributed by atoms with Gasteiger partial charge >= 0.3 is 5.97 Å². The SMILES string of the molecule is Cc1cc(Cl)c(-n2c(N)nnc2SCC(=O)O)cc1Cl. The fraction of sp³-hybridized carbons (Fsp3) is 0.182. The van der Waals surface area contributed by atoms with Gasteiger partial charge in [0.1, 0.15) is 0 Å². The molecule has 3 N–H and O–H groups in total. The molecule has 1 aromatic carbocycles. The van der Waals surface area contributed by atoms with Crippen LogP contribution in [0.5, 0.6) is 0 Å². The monoisotopic (exact) mass is 332 g/mol. The quantitative estimate of drug-likeness (QED) is 0.836. The van der Waals surface area contributed by atoms with Crippen LogP contribution in [0.2, 0.25) is 10.0 Å². The highest BCUT2D eigenvalue weighted by Crippen LogP contribution is 2.32. The van der Waals surface area contributed by atoms with Crippen LogP contribution in [-0.2, 0) is 4.79 Å². The number of aromatic nitrogens is 3. The van der Waals surface area contributed by atoms with Crippen LogP contribution in [0.15, 0.2) is 17.3 Å². The van der Waals surface area contributed by atoms with Crippen molar-refractivity contribution in [3.05, 3.63) is 27.7 Å². The zero-order valence-electron chi connectivity index (χ0n) is 10.3.